The van der Waals surface area contributed by atoms with Crippen LogP contribution in [0.1, 0.15) is 33.1 Å². The van der Waals surface area contributed by atoms with Crippen LogP contribution >= 0.6 is 11.8 Å². The maximum Gasteiger partial charge on any atom is 0.0251 e. The van der Waals surface area contributed by atoms with E-state index in [4.69, 9.17) is 5.73 Å². The highest BCUT2D eigenvalue weighted by molar-refractivity contribution is 8.00. The molecule has 0 heterocycles. The molecule has 0 radical (unpaired) electrons. The maximum absolute atomic E-state index is 6.08. The topological polar surface area (TPSA) is 26.0 Å². The Morgan fingerprint density at radius 1 is 1.55 bits per heavy atom. The molecule has 1 atom stereocenters. The Hall–Kier alpha value is 0.310. The van der Waals surface area contributed by atoms with Crippen molar-refractivity contribution in [2.24, 2.45) is 11.7 Å². The summed E-state index contributed by atoms with van der Waals surface area (Å²) in [7, 11) is 0. The van der Waals surface area contributed by atoms with Crippen molar-refractivity contribution in [2.75, 3.05) is 6.26 Å². The van der Waals surface area contributed by atoms with Gasteiger partial charge in [0.2, 0.25) is 0 Å². The number of hydrogen-bond acceptors (Lipinski definition) is 2. The van der Waals surface area contributed by atoms with Crippen LogP contribution in [0.25, 0.3) is 0 Å². The lowest BCUT2D eigenvalue weighted by atomic mass is 9.99. The zero-order valence-electron chi connectivity index (χ0n) is 7.76. The number of nitrogens with two attached hydrogens (primary N) is 1. The Morgan fingerprint density at radius 2 is 2.09 bits per heavy atom. The summed E-state index contributed by atoms with van der Waals surface area (Å²) in [6.07, 6.45) is 6.21. The highest BCUT2D eigenvalue weighted by Gasteiger charge is 2.31. The van der Waals surface area contributed by atoms with Gasteiger partial charge in [0.25, 0.3) is 0 Å². The van der Waals surface area contributed by atoms with E-state index < -0.39 is 0 Å². The summed E-state index contributed by atoms with van der Waals surface area (Å²) in [5.41, 5.74) is 6.08. The predicted molar refractivity (Wildman–Crippen MR) is 52.9 cm³/mol. The fourth-order valence-corrected chi connectivity index (χ4v) is 1.55. The summed E-state index contributed by atoms with van der Waals surface area (Å²) < 4.78 is 0.266. The molecule has 1 rings (SSSR count). The number of rotatable bonds is 4. The molecular formula is C9H19NS. The highest BCUT2D eigenvalue weighted by Crippen LogP contribution is 2.37. The molecule has 0 aromatic rings. The molecule has 0 spiro atoms. The van der Waals surface area contributed by atoms with Crippen molar-refractivity contribution >= 4 is 11.8 Å². The van der Waals surface area contributed by atoms with Crippen LogP contribution in [0.5, 0.6) is 0 Å². The molecular weight excluding hydrogens is 154 g/mol. The lowest BCUT2D eigenvalue weighted by molar-refractivity contribution is 0.478. The third kappa shape index (κ3) is 2.68. The van der Waals surface area contributed by atoms with Gasteiger partial charge in [0, 0.05) is 10.8 Å². The quantitative estimate of drug-likeness (QED) is 0.705. The second-order valence-corrected chi connectivity index (χ2v) is 5.55. The van der Waals surface area contributed by atoms with Crippen LogP contribution in [0.4, 0.5) is 0 Å². The van der Waals surface area contributed by atoms with E-state index in [-0.39, 0.29) is 4.75 Å². The minimum Gasteiger partial charge on any atom is -0.326 e. The lowest BCUT2D eigenvalue weighted by Crippen LogP contribution is -2.40. The van der Waals surface area contributed by atoms with Crippen molar-refractivity contribution in [3.05, 3.63) is 0 Å². The molecule has 0 amide bonds. The summed E-state index contributed by atoms with van der Waals surface area (Å²) in [5.74, 6) is 0.955. The van der Waals surface area contributed by atoms with Crippen LogP contribution in [0.3, 0.4) is 0 Å². The molecule has 0 saturated heterocycles. The van der Waals surface area contributed by atoms with Crippen LogP contribution < -0.4 is 5.73 Å². The zero-order valence-corrected chi connectivity index (χ0v) is 8.58. The van der Waals surface area contributed by atoms with Gasteiger partial charge in [-0.25, -0.2) is 0 Å². The standard InChI is InChI=1S/C9H19NS/c1-9(2,11-3)8(10)6-7-4-5-7/h7-8H,4-6,10H2,1-3H3. The van der Waals surface area contributed by atoms with Gasteiger partial charge in [-0.05, 0) is 32.4 Å². The molecule has 0 aliphatic heterocycles. The van der Waals surface area contributed by atoms with Crippen LogP contribution in [-0.2, 0) is 0 Å². The molecule has 1 aliphatic carbocycles. The molecule has 0 aromatic heterocycles. The Kier molecular flexibility index (Phi) is 2.87. The van der Waals surface area contributed by atoms with Gasteiger partial charge in [-0.3, -0.25) is 0 Å². The fourth-order valence-electron chi connectivity index (χ4n) is 1.15. The molecule has 2 N–H and O–H groups in total. The monoisotopic (exact) mass is 173 g/mol. The van der Waals surface area contributed by atoms with Gasteiger partial charge in [0.05, 0.1) is 0 Å². The lowest BCUT2D eigenvalue weighted by Gasteiger charge is -2.29. The van der Waals surface area contributed by atoms with Crippen molar-refractivity contribution < 1.29 is 0 Å². The highest BCUT2D eigenvalue weighted by atomic mass is 32.2. The van der Waals surface area contributed by atoms with Gasteiger partial charge in [-0.1, -0.05) is 12.8 Å². The first-order valence-corrected chi connectivity index (χ1v) is 5.59. The third-order valence-electron chi connectivity index (χ3n) is 2.70. The summed E-state index contributed by atoms with van der Waals surface area (Å²) in [6.45, 7) is 4.48. The molecule has 1 unspecified atom stereocenters. The van der Waals surface area contributed by atoms with Crippen LogP contribution in [0.2, 0.25) is 0 Å². The minimum absolute atomic E-state index is 0.266. The molecule has 11 heavy (non-hydrogen) atoms. The Labute approximate surface area is 74.1 Å². The van der Waals surface area contributed by atoms with Gasteiger partial charge >= 0.3 is 0 Å². The third-order valence-corrected chi connectivity index (χ3v) is 4.06. The van der Waals surface area contributed by atoms with Crippen molar-refractivity contribution in [1.29, 1.82) is 0 Å². The second kappa shape index (κ2) is 3.36. The van der Waals surface area contributed by atoms with E-state index in [1.807, 2.05) is 11.8 Å². The Balaban J connectivity index is 2.31. The zero-order chi connectivity index (χ0) is 8.48. The maximum atomic E-state index is 6.08. The summed E-state index contributed by atoms with van der Waals surface area (Å²) in [6, 6.07) is 0.380. The van der Waals surface area contributed by atoms with Gasteiger partial charge in [0.1, 0.15) is 0 Å². The summed E-state index contributed by atoms with van der Waals surface area (Å²) in [4.78, 5) is 0. The van der Waals surface area contributed by atoms with E-state index in [0.717, 1.165) is 5.92 Å². The van der Waals surface area contributed by atoms with Crippen molar-refractivity contribution in [3.8, 4) is 0 Å². The Bertz CT molecular complexity index is 130. The van der Waals surface area contributed by atoms with Crippen LogP contribution in [-0.4, -0.2) is 17.0 Å². The predicted octanol–water partition coefficient (Wildman–Crippen LogP) is 2.26. The minimum atomic E-state index is 0.266. The van der Waals surface area contributed by atoms with Crippen LogP contribution in [0.15, 0.2) is 0 Å². The van der Waals surface area contributed by atoms with E-state index >= 15 is 0 Å². The number of hydrogen-bond donors (Lipinski definition) is 1. The molecule has 66 valence electrons. The van der Waals surface area contributed by atoms with E-state index in [9.17, 15) is 0 Å². The van der Waals surface area contributed by atoms with E-state index in [2.05, 4.69) is 20.1 Å². The average Bonchev–Trinajstić information content (AvgIpc) is 2.72. The van der Waals surface area contributed by atoms with E-state index in [1.54, 1.807) is 0 Å². The van der Waals surface area contributed by atoms with Crippen LogP contribution in [0, 0.1) is 5.92 Å². The molecule has 1 nitrogen and oxygen atoms in total. The van der Waals surface area contributed by atoms with Crippen molar-refractivity contribution in [1.82, 2.24) is 0 Å². The van der Waals surface area contributed by atoms with Gasteiger partial charge in [0.15, 0.2) is 0 Å². The molecule has 2 heteroatoms. The first kappa shape index (κ1) is 9.40. The number of thioether (sulfide) groups is 1. The van der Waals surface area contributed by atoms with Gasteiger partial charge in [-0.2, -0.15) is 11.8 Å². The first-order valence-electron chi connectivity index (χ1n) is 4.37. The molecule has 1 saturated carbocycles. The fraction of sp³-hybridized carbons (Fsp3) is 1.00. The largest absolute Gasteiger partial charge is 0.326 e. The smallest absolute Gasteiger partial charge is 0.0251 e. The Morgan fingerprint density at radius 3 is 2.45 bits per heavy atom. The molecule has 0 aromatic carbocycles. The SMILES string of the molecule is CSC(C)(C)C(N)CC1CC1. The summed E-state index contributed by atoms with van der Waals surface area (Å²) >= 11 is 1.88. The van der Waals surface area contributed by atoms with Gasteiger partial charge < -0.3 is 5.73 Å². The van der Waals surface area contributed by atoms with Gasteiger partial charge in [-0.15, -0.1) is 0 Å². The van der Waals surface area contributed by atoms with Crippen molar-refractivity contribution in [2.45, 2.75) is 43.9 Å². The molecule has 1 aliphatic rings. The second-order valence-electron chi connectivity index (χ2n) is 4.09. The van der Waals surface area contributed by atoms with E-state index in [1.165, 1.54) is 19.3 Å². The normalized spacial score (nSPS) is 21.8. The average molecular weight is 173 g/mol. The summed E-state index contributed by atoms with van der Waals surface area (Å²) in [5, 5.41) is 0. The van der Waals surface area contributed by atoms with Crippen molar-refractivity contribution in [3.63, 3.8) is 0 Å². The van der Waals surface area contributed by atoms with E-state index in [0.29, 0.717) is 6.04 Å². The molecule has 0 bridgehead atoms. The first-order chi connectivity index (χ1) is 5.06. The molecule has 1 fully saturated rings.